The molecular weight excluding hydrogens is 272 g/mol. The van der Waals surface area contributed by atoms with E-state index in [0.29, 0.717) is 17.1 Å². The summed E-state index contributed by atoms with van der Waals surface area (Å²) in [6, 6.07) is 5.98. The topological polar surface area (TPSA) is 90.1 Å². The van der Waals surface area contributed by atoms with E-state index in [0.717, 1.165) is 5.69 Å². The molecule has 0 amide bonds. The Kier molecular flexibility index (Phi) is 4.02. The highest BCUT2D eigenvalue weighted by atomic mass is 16.6. The number of aromatic nitrogens is 2. The van der Waals surface area contributed by atoms with Crippen molar-refractivity contribution in [3.63, 3.8) is 0 Å². The summed E-state index contributed by atoms with van der Waals surface area (Å²) in [6.45, 7) is 3.73. The summed E-state index contributed by atoms with van der Waals surface area (Å²) in [7, 11) is 1.73. The lowest BCUT2D eigenvalue weighted by molar-refractivity contribution is -0.384. The first kappa shape index (κ1) is 14.7. The molecule has 0 radical (unpaired) electrons. The first-order valence-corrected chi connectivity index (χ1v) is 6.42. The monoisotopic (exact) mass is 288 g/mol. The van der Waals surface area contributed by atoms with Crippen LogP contribution in [0.4, 0.5) is 11.4 Å². The van der Waals surface area contributed by atoms with E-state index < -0.39 is 4.92 Å². The third-order valence-electron chi connectivity index (χ3n) is 3.22. The van der Waals surface area contributed by atoms with Gasteiger partial charge < -0.3 is 5.32 Å². The van der Waals surface area contributed by atoms with E-state index in [2.05, 4.69) is 10.3 Å². The van der Waals surface area contributed by atoms with Crippen molar-refractivity contribution in [1.82, 2.24) is 9.55 Å². The molecule has 110 valence electrons. The first-order chi connectivity index (χ1) is 9.92. The number of nitrogens with one attached hydrogen (secondary N) is 1. The number of rotatable bonds is 4. The molecule has 0 atom stereocenters. The zero-order chi connectivity index (χ0) is 15.6. The molecular formula is C14H16N4O3. The lowest BCUT2D eigenvalue weighted by Gasteiger charge is -2.13. The molecule has 0 fully saturated rings. The first-order valence-electron chi connectivity index (χ1n) is 6.42. The number of aryl methyl sites for hydroxylation is 2. The Morgan fingerprint density at radius 3 is 2.62 bits per heavy atom. The van der Waals surface area contributed by atoms with Crippen molar-refractivity contribution in [2.75, 3.05) is 12.4 Å². The van der Waals surface area contributed by atoms with Gasteiger partial charge in [0.05, 0.1) is 11.5 Å². The average molecular weight is 288 g/mol. The van der Waals surface area contributed by atoms with Gasteiger partial charge in [-0.15, -0.1) is 0 Å². The van der Waals surface area contributed by atoms with Gasteiger partial charge in [-0.3, -0.25) is 19.5 Å². The molecule has 0 unspecified atom stereocenters. The van der Waals surface area contributed by atoms with Crippen molar-refractivity contribution in [2.45, 2.75) is 20.4 Å². The highest BCUT2D eigenvalue weighted by Crippen LogP contribution is 2.22. The van der Waals surface area contributed by atoms with Crippen LogP contribution < -0.4 is 10.9 Å². The summed E-state index contributed by atoms with van der Waals surface area (Å²) in [6.07, 6.45) is 0. The summed E-state index contributed by atoms with van der Waals surface area (Å²) < 4.78 is 1.49. The molecule has 0 saturated heterocycles. The van der Waals surface area contributed by atoms with Crippen LogP contribution in [0.25, 0.3) is 0 Å². The maximum Gasteiger partial charge on any atom is 0.269 e. The van der Waals surface area contributed by atoms with E-state index in [9.17, 15) is 14.9 Å². The number of anilines is 1. The van der Waals surface area contributed by atoms with Crippen LogP contribution in [-0.4, -0.2) is 21.5 Å². The molecule has 0 aliphatic heterocycles. The van der Waals surface area contributed by atoms with Crippen LogP contribution >= 0.6 is 0 Å². The van der Waals surface area contributed by atoms with Crippen molar-refractivity contribution < 1.29 is 4.92 Å². The zero-order valence-electron chi connectivity index (χ0n) is 12.1. The van der Waals surface area contributed by atoms with Gasteiger partial charge in [0.15, 0.2) is 0 Å². The SMILES string of the molecule is CNc1ccc([N+](=O)[O-])cc1Cn1c(C)nc(C)cc1=O. The molecule has 0 saturated carbocycles. The minimum atomic E-state index is -0.452. The van der Waals surface area contributed by atoms with Gasteiger partial charge in [-0.1, -0.05) is 0 Å². The van der Waals surface area contributed by atoms with Crippen LogP contribution in [0.5, 0.6) is 0 Å². The van der Waals surface area contributed by atoms with E-state index >= 15 is 0 Å². The molecule has 1 aromatic heterocycles. The molecule has 21 heavy (non-hydrogen) atoms. The minimum Gasteiger partial charge on any atom is -0.388 e. The van der Waals surface area contributed by atoms with E-state index in [1.165, 1.54) is 22.8 Å². The molecule has 1 N–H and O–H groups in total. The predicted molar refractivity (Wildman–Crippen MR) is 79.7 cm³/mol. The van der Waals surface area contributed by atoms with Gasteiger partial charge in [0.2, 0.25) is 0 Å². The Hall–Kier alpha value is -2.70. The van der Waals surface area contributed by atoms with E-state index in [1.54, 1.807) is 27.0 Å². The molecule has 0 aliphatic rings. The Labute approximate surface area is 121 Å². The molecule has 2 rings (SSSR count). The molecule has 7 nitrogen and oxygen atoms in total. The smallest absolute Gasteiger partial charge is 0.269 e. The van der Waals surface area contributed by atoms with Crippen molar-refractivity contribution >= 4 is 11.4 Å². The van der Waals surface area contributed by atoms with E-state index in [-0.39, 0.29) is 17.8 Å². The van der Waals surface area contributed by atoms with Crippen LogP contribution in [0.3, 0.4) is 0 Å². The van der Waals surface area contributed by atoms with Gasteiger partial charge in [-0.05, 0) is 19.9 Å². The molecule has 7 heteroatoms. The molecule has 0 spiro atoms. The Morgan fingerprint density at radius 2 is 2.05 bits per heavy atom. The highest BCUT2D eigenvalue weighted by Gasteiger charge is 2.12. The number of non-ortho nitro benzene ring substituents is 1. The predicted octanol–water partition coefficient (Wildman–Crippen LogP) is 1.86. The second-order valence-electron chi connectivity index (χ2n) is 4.72. The number of nitro groups is 1. The van der Waals surface area contributed by atoms with Gasteiger partial charge in [-0.25, -0.2) is 4.98 Å². The van der Waals surface area contributed by atoms with Crippen LogP contribution in [0.15, 0.2) is 29.1 Å². The number of hydrogen-bond acceptors (Lipinski definition) is 5. The van der Waals surface area contributed by atoms with Crippen LogP contribution in [0.2, 0.25) is 0 Å². The fourth-order valence-corrected chi connectivity index (χ4v) is 2.20. The Balaban J connectivity index is 2.50. The van der Waals surface area contributed by atoms with Crippen LogP contribution in [0, 0.1) is 24.0 Å². The summed E-state index contributed by atoms with van der Waals surface area (Å²) in [5.41, 5.74) is 1.89. The number of hydrogen-bond donors (Lipinski definition) is 1. The molecule has 2 aromatic rings. The Bertz CT molecular complexity index is 752. The van der Waals surface area contributed by atoms with Gasteiger partial charge in [0.25, 0.3) is 11.2 Å². The van der Waals surface area contributed by atoms with Crippen molar-refractivity contribution in [1.29, 1.82) is 0 Å². The number of benzene rings is 1. The molecule has 1 heterocycles. The molecule has 1 aromatic carbocycles. The van der Waals surface area contributed by atoms with Gasteiger partial charge in [-0.2, -0.15) is 0 Å². The van der Waals surface area contributed by atoms with Crippen LogP contribution in [0.1, 0.15) is 17.1 Å². The number of nitrogens with zero attached hydrogens (tertiary/aromatic N) is 3. The Morgan fingerprint density at radius 1 is 1.33 bits per heavy atom. The molecule has 0 aliphatic carbocycles. The fourth-order valence-electron chi connectivity index (χ4n) is 2.20. The highest BCUT2D eigenvalue weighted by molar-refractivity contribution is 5.55. The van der Waals surface area contributed by atoms with E-state index in [4.69, 9.17) is 0 Å². The summed E-state index contributed by atoms with van der Waals surface area (Å²) >= 11 is 0. The summed E-state index contributed by atoms with van der Waals surface area (Å²) in [4.78, 5) is 26.7. The summed E-state index contributed by atoms with van der Waals surface area (Å²) in [5, 5.41) is 13.9. The third kappa shape index (κ3) is 3.07. The van der Waals surface area contributed by atoms with Crippen molar-refractivity contribution in [3.8, 4) is 0 Å². The van der Waals surface area contributed by atoms with Crippen molar-refractivity contribution in [3.05, 3.63) is 61.8 Å². The average Bonchev–Trinajstić information content (AvgIpc) is 2.42. The molecule has 0 bridgehead atoms. The van der Waals surface area contributed by atoms with Gasteiger partial charge in [0, 0.05) is 42.2 Å². The quantitative estimate of drug-likeness (QED) is 0.685. The normalized spacial score (nSPS) is 10.4. The minimum absolute atomic E-state index is 0.00484. The fraction of sp³-hybridized carbons (Fsp3) is 0.286. The lowest BCUT2D eigenvalue weighted by atomic mass is 10.1. The number of nitro benzene ring substituents is 1. The van der Waals surface area contributed by atoms with Crippen LogP contribution in [-0.2, 0) is 6.54 Å². The van der Waals surface area contributed by atoms with Gasteiger partial charge in [0.1, 0.15) is 5.82 Å². The van der Waals surface area contributed by atoms with Crippen molar-refractivity contribution in [2.24, 2.45) is 0 Å². The third-order valence-corrected chi connectivity index (χ3v) is 3.22. The maximum absolute atomic E-state index is 12.1. The second kappa shape index (κ2) is 5.74. The second-order valence-corrected chi connectivity index (χ2v) is 4.72. The zero-order valence-corrected chi connectivity index (χ0v) is 12.1. The van der Waals surface area contributed by atoms with E-state index in [1.807, 2.05) is 0 Å². The largest absolute Gasteiger partial charge is 0.388 e. The standard InChI is InChI=1S/C14H16N4O3/c1-9-6-14(19)17(10(2)16-9)8-11-7-12(18(20)21)4-5-13(11)15-3/h4-7,15H,8H2,1-3H3. The van der Waals surface area contributed by atoms with Gasteiger partial charge >= 0.3 is 0 Å². The lowest BCUT2D eigenvalue weighted by Crippen LogP contribution is -2.24. The maximum atomic E-state index is 12.1. The summed E-state index contributed by atoms with van der Waals surface area (Å²) in [5.74, 6) is 0.577.